The Bertz CT molecular complexity index is 1130. The summed E-state index contributed by atoms with van der Waals surface area (Å²) in [6.45, 7) is 2.14. The minimum Gasteiger partial charge on any atom is -0.344 e. The van der Waals surface area contributed by atoms with Crippen molar-refractivity contribution in [2.75, 3.05) is 19.6 Å². The number of nitrogens with two attached hydrogens (primary N) is 1. The first-order valence-corrected chi connectivity index (χ1v) is 13.4. The van der Waals surface area contributed by atoms with Crippen LogP contribution in [0.3, 0.4) is 0 Å². The Balaban J connectivity index is 1.45. The molecule has 1 aliphatic heterocycles. The molecule has 1 saturated heterocycles. The molecule has 0 aromatic heterocycles. The van der Waals surface area contributed by atoms with Gasteiger partial charge in [-0.05, 0) is 66.5 Å². The lowest BCUT2D eigenvalue weighted by Crippen LogP contribution is -2.52. The fraction of sp³-hybridized carbons (Fsp3) is 0.419. The van der Waals surface area contributed by atoms with Gasteiger partial charge < -0.3 is 16.0 Å². The van der Waals surface area contributed by atoms with Crippen LogP contribution < -0.4 is 11.1 Å². The quantitative estimate of drug-likeness (QED) is 0.381. The highest BCUT2D eigenvalue weighted by Crippen LogP contribution is 2.23. The molecular formula is C31H39N3O2. The number of nitrogens with one attached hydrogen (secondary N) is 1. The third-order valence-corrected chi connectivity index (χ3v) is 7.19. The fourth-order valence-corrected chi connectivity index (χ4v) is 5.27. The van der Waals surface area contributed by atoms with Crippen molar-refractivity contribution < 1.29 is 9.59 Å². The van der Waals surface area contributed by atoms with Crippen molar-refractivity contribution in [1.29, 1.82) is 0 Å². The van der Waals surface area contributed by atoms with Gasteiger partial charge in [0, 0.05) is 25.9 Å². The van der Waals surface area contributed by atoms with Crippen LogP contribution in [0, 0.1) is 5.92 Å². The lowest BCUT2D eigenvalue weighted by molar-refractivity contribution is -0.138. The smallest absolute Gasteiger partial charge is 0.245 e. The summed E-state index contributed by atoms with van der Waals surface area (Å²) < 4.78 is 0. The molecule has 36 heavy (non-hydrogen) atoms. The van der Waals surface area contributed by atoms with E-state index >= 15 is 0 Å². The zero-order chi connectivity index (χ0) is 25.2. The average molecular weight is 486 g/mol. The Morgan fingerprint density at radius 1 is 0.917 bits per heavy atom. The van der Waals surface area contributed by atoms with Gasteiger partial charge in [-0.15, -0.1) is 0 Å². The Morgan fingerprint density at radius 2 is 1.69 bits per heavy atom. The molecule has 0 radical (unpaired) electrons. The largest absolute Gasteiger partial charge is 0.344 e. The predicted molar refractivity (Wildman–Crippen MR) is 147 cm³/mol. The number of likely N-dealkylation sites (tertiary alicyclic amines) is 1. The Hall–Kier alpha value is -3.18. The van der Waals surface area contributed by atoms with Crippen LogP contribution in [0.25, 0.3) is 10.8 Å². The number of nitrogens with zero attached hydrogens (tertiary/aromatic N) is 1. The van der Waals surface area contributed by atoms with Crippen molar-refractivity contribution in [2.45, 2.75) is 57.4 Å². The highest BCUT2D eigenvalue weighted by molar-refractivity contribution is 5.88. The minimum absolute atomic E-state index is 0.0382. The standard InChI is InChI=1S/C31H39N3O2/c32-18-8-2-5-15-30(35)33-29(22-25-16-17-27-13-6-7-14-28(27)21-25)31(36)34-19-9-12-26(23-34)20-24-10-3-1-4-11-24/h1,3-4,6-7,10-11,13-14,16-17,21,26,29H,2,5,8-9,12,15,18-20,22-23,32H2,(H,33,35). The van der Waals surface area contributed by atoms with E-state index in [2.05, 4.69) is 59.9 Å². The van der Waals surface area contributed by atoms with E-state index in [-0.39, 0.29) is 11.8 Å². The van der Waals surface area contributed by atoms with Gasteiger partial charge in [0.25, 0.3) is 0 Å². The Morgan fingerprint density at radius 3 is 2.50 bits per heavy atom. The number of carbonyl (C=O) groups is 2. The molecule has 190 valence electrons. The minimum atomic E-state index is -0.552. The van der Waals surface area contributed by atoms with E-state index in [9.17, 15) is 9.59 Å². The van der Waals surface area contributed by atoms with E-state index in [1.165, 1.54) is 10.9 Å². The van der Waals surface area contributed by atoms with Gasteiger partial charge in [0.05, 0.1) is 0 Å². The van der Waals surface area contributed by atoms with E-state index in [1.807, 2.05) is 23.1 Å². The molecule has 3 N–H and O–H groups in total. The first-order valence-electron chi connectivity index (χ1n) is 13.4. The summed E-state index contributed by atoms with van der Waals surface area (Å²) in [4.78, 5) is 28.6. The molecule has 0 bridgehead atoms. The molecule has 2 atom stereocenters. The predicted octanol–water partition coefficient (Wildman–Crippen LogP) is 4.87. The van der Waals surface area contributed by atoms with Gasteiger partial charge in [-0.3, -0.25) is 9.59 Å². The van der Waals surface area contributed by atoms with E-state index in [0.717, 1.165) is 62.6 Å². The summed E-state index contributed by atoms with van der Waals surface area (Å²) in [7, 11) is 0. The number of hydrogen-bond acceptors (Lipinski definition) is 3. The van der Waals surface area contributed by atoms with Crippen molar-refractivity contribution in [1.82, 2.24) is 10.2 Å². The molecule has 2 unspecified atom stereocenters. The van der Waals surface area contributed by atoms with Gasteiger partial charge in [-0.1, -0.05) is 79.2 Å². The van der Waals surface area contributed by atoms with E-state index in [4.69, 9.17) is 5.73 Å². The molecule has 5 nitrogen and oxygen atoms in total. The van der Waals surface area contributed by atoms with Crippen LogP contribution in [0.5, 0.6) is 0 Å². The van der Waals surface area contributed by atoms with Crippen LogP contribution >= 0.6 is 0 Å². The Kier molecular flexibility index (Phi) is 9.51. The zero-order valence-corrected chi connectivity index (χ0v) is 21.2. The SMILES string of the molecule is NCCCCCC(=O)NC(Cc1ccc2ccccc2c1)C(=O)N1CCCC(Cc2ccccc2)C1. The van der Waals surface area contributed by atoms with Crippen LogP contribution in [-0.4, -0.2) is 42.4 Å². The van der Waals surface area contributed by atoms with Crippen molar-refractivity contribution in [2.24, 2.45) is 11.7 Å². The summed E-state index contributed by atoms with van der Waals surface area (Å²) in [6, 6.07) is 24.5. The number of rotatable bonds is 11. The molecule has 3 aromatic carbocycles. The average Bonchev–Trinajstić information content (AvgIpc) is 2.91. The first-order chi connectivity index (χ1) is 17.6. The highest BCUT2D eigenvalue weighted by Gasteiger charge is 2.30. The van der Waals surface area contributed by atoms with Crippen LogP contribution in [0.2, 0.25) is 0 Å². The molecule has 1 aliphatic rings. The number of carbonyl (C=O) groups excluding carboxylic acids is 2. The topological polar surface area (TPSA) is 75.4 Å². The molecule has 1 fully saturated rings. The molecule has 4 rings (SSSR count). The number of hydrogen-bond donors (Lipinski definition) is 2. The second-order valence-corrected chi connectivity index (χ2v) is 10.1. The molecule has 2 amide bonds. The van der Waals surface area contributed by atoms with E-state index < -0.39 is 6.04 Å². The normalized spacial score (nSPS) is 16.6. The van der Waals surface area contributed by atoms with Crippen molar-refractivity contribution in [3.8, 4) is 0 Å². The summed E-state index contributed by atoms with van der Waals surface area (Å²) in [5.41, 5.74) is 7.96. The summed E-state index contributed by atoms with van der Waals surface area (Å²) in [6.07, 6.45) is 6.68. The molecule has 5 heteroatoms. The maximum absolute atomic E-state index is 13.8. The number of fused-ring (bicyclic) bond motifs is 1. The van der Waals surface area contributed by atoms with Gasteiger partial charge in [0.1, 0.15) is 6.04 Å². The van der Waals surface area contributed by atoms with E-state index in [1.54, 1.807) is 0 Å². The number of piperidine rings is 1. The van der Waals surface area contributed by atoms with Crippen LogP contribution in [0.1, 0.15) is 49.7 Å². The van der Waals surface area contributed by atoms with Gasteiger partial charge in [-0.25, -0.2) is 0 Å². The van der Waals surface area contributed by atoms with Crippen LogP contribution in [-0.2, 0) is 22.4 Å². The summed E-state index contributed by atoms with van der Waals surface area (Å²) in [5.74, 6) is 0.429. The molecule has 0 saturated carbocycles. The van der Waals surface area contributed by atoms with Crippen LogP contribution in [0.4, 0.5) is 0 Å². The molecule has 3 aromatic rings. The van der Waals surface area contributed by atoms with E-state index in [0.29, 0.717) is 25.3 Å². The van der Waals surface area contributed by atoms with Gasteiger partial charge in [-0.2, -0.15) is 0 Å². The summed E-state index contributed by atoms with van der Waals surface area (Å²) in [5, 5.41) is 5.41. The molecule has 1 heterocycles. The second kappa shape index (κ2) is 13.2. The highest BCUT2D eigenvalue weighted by atomic mass is 16.2. The van der Waals surface area contributed by atoms with Crippen molar-refractivity contribution in [3.05, 3.63) is 83.9 Å². The fourth-order valence-electron chi connectivity index (χ4n) is 5.27. The third kappa shape index (κ3) is 7.41. The van der Waals surface area contributed by atoms with Crippen molar-refractivity contribution >= 4 is 22.6 Å². The number of benzene rings is 3. The monoisotopic (exact) mass is 485 g/mol. The molecule has 0 spiro atoms. The van der Waals surface area contributed by atoms with Crippen molar-refractivity contribution in [3.63, 3.8) is 0 Å². The third-order valence-electron chi connectivity index (χ3n) is 7.19. The molecule has 0 aliphatic carbocycles. The number of unbranched alkanes of at least 4 members (excludes halogenated alkanes) is 2. The van der Waals surface area contributed by atoms with Gasteiger partial charge >= 0.3 is 0 Å². The molecular weight excluding hydrogens is 446 g/mol. The second-order valence-electron chi connectivity index (χ2n) is 10.1. The van der Waals surface area contributed by atoms with Gasteiger partial charge in [0.15, 0.2) is 0 Å². The maximum atomic E-state index is 13.8. The Labute approximate surface area is 215 Å². The lowest BCUT2D eigenvalue weighted by Gasteiger charge is -2.35. The zero-order valence-electron chi connectivity index (χ0n) is 21.2. The lowest BCUT2D eigenvalue weighted by atomic mass is 9.90. The number of amides is 2. The van der Waals surface area contributed by atoms with Gasteiger partial charge in [0.2, 0.25) is 11.8 Å². The summed E-state index contributed by atoms with van der Waals surface area (Å²) >= 11 is 0. The maximum Gasteiger partial charge on any atom is 0.245 e. The van der Waals surface area contributed by atoms with Crippen LogP contribution in [0.15, 0.2) is 72.8 Å². The first kappa shape index (κ1) is 25.9.